The van der Waals surface area contributed by atoms with E-state index in [0.29, 0.717) is 16.5 Å². The molecule has 1 heterocycles. The summed E-state index contributed by atoms with van der Waals surface area (Å²) < 4.78 is 27.9. The molecule has 0 aliphatic heterocycles. The summed E-state index contributed by atoms with van der Waals surface area (Å²) in [5.41, 5.74) is 3.19. The molecule has 26 heavy (non-hydrogen) atoms. The Balaban J connectivity index is 1.98. The van der Waals surface area contributed by atoms with Gasteiger partial charge in [0.05, 0.1) is 21.7 Å². The maximum Gasteiger partial charge on any atom is 0.182 e. The van der Waals surface area contributed by atoms with Crippen molar-refractivity contribution in [3.8, 4) is 0 Å². The Morgan fingerprint density at radius 3 is 2.58 bits per heavy atom. The molecule has 0 saturated heterocycles. The van der Waals surface area contributed by atoms with Crippen molar-refractivity contribution in [3.63, 3.8) is 0 Å². The number of nitrogens with zero attached hydrogens (tertiary/aromatic N) is 2. The molecule has 2 aromatic carbocycles. The Morgan fingerprint density at radius 2 is 1.88 bits per heavy atom. The summed E-state index contributed by atoms with van der Waals surface area (Å²) >= 11 is 6.09. The van der Waals surface area contributed by atoms with E-state index in [1.165, 1.54) is 0 Å². The quantitative estimate of drug-likeness (QED) is 0.620. The molecule has 4 nitrogen and oxygen atoms in total. The molecule has 0 radical (unpaired) electrons. The number of hydrogen-bond donors (Lipinski definition) is 0. The van der Waals surface area contributed by atoms with Crippen LogP contribution in [-0.4, -0.2) is 18.0 Å². The minimum atomic E-state index is -3.48. The van der Waals surface area contributed by atoms with Crippen molar-refractivity contribution in [2.45, 2.75) is 44.9 Å². The highest BCUT2D eigenvalue weighted by atomic mass is 35.5. The topological polar surface area (TPSA) is 52.0 Å². The van der Waals surface area contributed by atoms with Gasteiger partial charge in [-0.15, -0.1) is 0 Å². The molecule has 0 atom stereocenters. The summed E-state index contributed by atoms with van der Waals surface area (Å²) in [6.07, 6.45) is 0. The van der Waals surface area contributed by atoms with Crippen molar-refractivity contribution < 1.29 is 8.42 Å². The molecule has 6 heteroatoms. The number of aromatic nitrogens is 2. The van der Waals surface area contributed by atoms with Gasteiger partial charge < -0.3 is 4.57 Å². The molecule has 0 spiro atoms. The van der Waals surface area contributed by atoms with Gasteiger partial charge in [-0.3, -0.25) is 0 Å². The molecular weight excluding hydrogens is 368 g/mol. The first kappa shape index (κ1) is 18.9. The van der Waals surface area contributed by atoms with Gasteiger partial charge in [0, 0.05) is 11.6 Å². The molecule has 0 bridgehead atoms. The Hall–Kier alpha value is -1.85. The van der Waals surface area contributed by atoms with Crippen molar-refractivity contribution in [1.82, 2.24) is 9.55 Å². The van der Waals surface area contributed by atoms with E-state index in [9.17, 15) is 8.42 Å². The van der Waals surface area contributed by atoms with Crippen molar-refractivity contribution >= 4 is 32.5 Å². The summed E-state index contributed by atoms with van der Waals surface area (Å²) in [5.74, 6) is 1.39. The predicted molar refractivity (Wildman–Crippen MR) is 106 cm³/mol. The summed E-state index contributed by atoms with van der Waals surface area (Å²) in [5, 5.41) is 0.463. The number of hydrogen-bond acceptors (Lipinski definition) is 3. The third kappa shape index (κ3) is 3.64. The third-order valence-electron chi connectivity index (χ3n) is 4.46. The van der Waals surface area contributed by atoms with Crippen molar-refractivity contribution in [3.05, 3.63) is 58.4 Å². The maximum absolute atomic E-state index is 12.8. The summed E-state index contributed by atoms with van der Waals surface area (Å²) in [6, 6.07) is 10.7. The van der Waals surface area contributed by atoms with Crippen LogP contribution in [0.15, 0.2) is 41.3 Å². The molecule has 138 valence electrons. The van der Waals surface area contributed by atoms with Crippen LogP contribution in [-0.2, 0) is 22.1 Å². The molecule has 0 unspecified atom stereocenters. The third-order valence-corrected chi connectivity index (χ3v) is 6.70. The van der Waals surface area contributed by atoms with E-state index in [1.807, 2.05) is 25.1 Å². The first-order valence-electron chi connectivity index (χ1n) is 8.62. The van der Waals surface area contributed by atoms with Crippen LogP contribution in [0.4, 0.5) is 0 Å². The zero-order valence-electron chi connectivity index (χ0n) is 15.5. The Labute approximate surface area is 159 Å². The number of fused-ring (bicyclic) bond motifs is 1. The number of aryl methyl sites for hydroxylation is 1. The van der Waals surface area contributed by atoms with Gasteiger partial charge >= 0.3 is 0 Å². The van der Waals surface area contributed by atoms with E-state index >= 15 is 0 Å². The minimum Gasteiger partial charge on any atom is -0.328 e. The number of imidazole rings is 1. The smallest absolute Gasteiger partial charge is 0.182 e. The van der Waals surface area contributed by atoms with Crippen LogP contribution < -0.4 is 0 Å². The molecular formula is C20H23ClN2O2S. The normalized spacial score (nSPS) is 12.2. The van der Waals surface area contributed by atoms with Crippen LogP contribution in [0.1, 0.15) is 30.8 Å². The van der Waals surface area contributed by atoms with Gasteiger partial charge in [-0.25, -0.2) is 13.4 Å². The van der Waals surface area contributed by atoms with Crippen molar-refractivity contribution in [2.75, 3.05) is 0 Å². The number of sulfone groups is 1. The van der Waals surface area contributed by atoms with Gasteiger partial charge in [0.2, 0.25) is 0 Å². The van der Waals surface area contributed by atoms with E-state index in [1.54, 1.807) is 25.1 Å². The molecule has 0 saturated carbocycles. The van der Waals surface area contributed by atoms with E-state index < -0.39 is 9.84 Å². The first-order chi connectivity index (χ1) is 12.2. The van der Waals surface area contributed by atoms with Gasteiger partial charge in [-0.05, 0) is 55.2 Å². The molecule has 3 aromatic rings. The molecule has 0 fully saturated rings. The fourth-order valence-electron chi connectivity index (χ4n) is 3.20. The number of halogens is 1. The first-order valence-corrected chi connectivity index (χ1v) is 10.7. The van der Waals surface area contributed by atoms with Gasteiger partial charge in [-0.1, -0.05) is 37.6 Å². The van der Waals surface area contributed by atoms with E-state index in [0.717, 1.165) is 29.0 Å². The second-order valence-corrected chi connectivity index (χ2v) is 9.47. The second kappa shape index (κ2) is 7.05. The second-order valence-electron chi connectivity index (χ2n) is 7.11. The van der Waals surface area contributed by atoms with Crippen LogP contribution in [0.2, 0.25) is 5.02 Å². The van der Waals surface area contributed by atoms with Crippen LogP contribution in [0.5, 0.6) is 0 Å². The summed E-state index contributed by atoms with van der Waals surface area (Å²) in [6.45, 7) is 8.93. The average molecular weight is 391 g/mol. The standard InChI is InChI=1S/C20H23ClN2O2S/c1-13(2)11-23-15(4)22-18-10-16(8-9-19(18)23)12-26(24,25)20-7-5-6-17(21)14(20)3/h5-10,13H,11-12H2,1-4H3. The monoisotopic (exact) mass is 390 g/mol. The lowest BCUT2D eigenvalue weighted by atomic mass is 10.2. The Bertz CT molecular complexity index is 1070. The lowest BCUT2D eigenvalue weighted by Crippen LogP contribution is -2.07. The molecule has 0 aliphatic rings. The van der Waals surface area contributed by atoms with E-state index in [-0.39, 0.29) is 10.6 Å². The molecule has 0 amide bonds. The van der Waals surface area contributed by atoms with E-state index in [4.69, 9.17) is 11.6 Å². The molecule has 0 aliphatic carbocycles. The average Bonchev–Trinajstić information content (AvgIpc) is 2.84. The molecule has 0 N–H and O–H groups in total. The molecule has 1 aromatic heterocycles. The fraction of sp³-hybridized carbons (Fsp3) is 0.350. The number of benzene rings is 2. The van der Waals surface area contributed by atoms with Crippen LogP contribution in [0, 0.1) is 19.8 Å². The van der Waals surface area contributed by atoms with Crippen LogP contribution >= 0.6 is 11.6 Å². The fourth-order valence-corrected chi connectivity index (χ4v) is 5.07. The Morgan fingerprint density at radius 1 is 1.15 bits per heavy atom. The van der Waals surface area contributed by atoms with Crippen LogP contribution in [0.3, 0.4) is 0 Å². The Kier molecular flexibility index (Phi) is 5.13. The summed E-state index contributed by atoms with van der Waals surface area (Å²) in [4.78, 5) is 4.89. The minimum absolute atomic E-state index is 0.0692. The maximum atomic E-state index is 12.8. The van der Waals surface area contributed by atoms with E-state index in [2.05, 4.69) is 23.4 Å². The van der Waals surface area contributed by atoms with Gasteiger partial charge in [0.1, 0.15) is 5.82 Å². The van der Waals surface area contributed by atoms with Crippen LogP contribution in [0.25, 0.3) is 11.0 Å². The number of rotatable bonds is 5. The molecule has 3 rings (SSSR count). The highest BCUT2D eigenvalue weighted by Crippen LogP contribution is 2.27. The highest BCUT2D eigenvalue weighted by molar-refractivity contribution is 7.90. The SMILES string of the molecule is Cc1c(Cl)cccc1S(=O)(=O)Cc1ccc2c(c1)nc(C)n2CC(C)C. The predicted octanol–water partition coefficient (Wildman–Crippen LogP) is 4.94. The highest BCUT2D eigenvalue weighted by Gasteiger charge is 2.20. The lowest BCUT2D eigenvalue weighted by Gasteiger charge is -2.11. The lowest BCUT2D eigenvalue weighted by molar-refractivity contribution is 0.524. The summed E-state index contributed by atoms with van der Waals surface area (Å²) in [7, 11) is -3.48. The zero-order valence-corrected chi connectivity index (χ0v) is 17.0. The van der Waals surface area contributed by atoms with Crippen molar-refractivity contribution in [2.24, 2.45) is 5.92 Å². The zero-order chi connectivity index (χ0) is 19.1. The largest absolute Gasteiger partial charge is 0.328 e. The van der Waals surface area contributed by atoms with Gasteiger partial charge in [0.25, 0.3) is 0 Å². The van der Waals surface area contributed by atoms with Gasteiger partial charge in [-0.2, -0.15) is 0 Å². The van der Waals surface area contributed by atoms with Crippen molar-refractivity contribution in [1.29, 1.82) is 0 Å². The van der Waals surface area contributed by atoms with Gasteiger partial charge in [0.15, 0.2) is 9.84 Å².